The molecule has 126 valence electrons. The number of aryl methyl sites for hydroxylation is 2. The van der Waals surface area contributed by atoms with Crippen LogP contribution in [0.15, 0.2) is 53.5 Å². The Hall–Kier alpha value is -2.09. The van der Waals surface area contributed by atoms with Crippen molar-refractivity contribution in [1.82, 2.24) is 0 Å². The largest absolute Gasteiger partial charge is 0.370 e. The molecule has 24 heavy (non-hydrogen) atoms. The molecular formula is C18H21IN4O. The number of nitrogens with two attached hydrogens (primary N) is 1. The predicted molar refractivity (Wildman–Crippen MR) is 109 cm³/mol. The van der Waals surface area contributed by atoms with Gasteiger partial charge in [0.1, 0.15) is 6.54 Å². The molecule has 0 heterocycles. The molecule has 2 aromatic carbocycles. The summed E-state index contributed by atoms with van der Waals surface area (Å²) in [6.45, 7) is -0.0152. The van der Waals surface area contributed by atoms with Crippen LogP contribution in [0, 0.1) is 0 Å². The molecule has 2 aromatic rings. The third-order valence-electron chi connectivity index (χ3n) is 3.82. The number of fused-ring (bicyclic) bond motifs is 1. The van der Waals surface area contributed by atoms with Gasteiger partial charge in [-0.15, -0.1) is 24.0 Å². The summed E-state index contributed by atoms with van der Waals surface area (Å²) in [7, 11) is 0. The smallest absolute Gasteiger partial charge is 0.246 e. The van der Waals surface area contributed by atoms with Crippen molar-refractivity contribution in [2.45, 2.75) is 19.3 Å². The molecule has 0 atom stereocenters. The fourth-order valence-corrected chi connectivity index (χ4v) is 2.72. The topological polar surface area (TPSA) is 79.5 Å². The van der Waals surface area contributed by atoms with Gasteiger partial charge in [0.2, 0.25) is 5.91 Å². The molecule has 0 spiro atoms. The molecule has 0 bridgehead atoms. The molecule has 1 amide bonds. The number of nitrogens with one attached hydrogen (secondary N) is 2. The number of anilines is 2. The van der Waals surface area contributed by atoms with Crippen LogP contribution in [0.25, 0.3) is 0 Å². The minimum atomic E-state index is -0.199. The molecule has 0 saturated carbocycles. The molecule has 0 unspecified atom stereocenters. The third kappa shape index (κ3) is 4.95. The Kier molecular flexibility index (Phi) is 6.60. The number of rotatable bonds is 4. The van der Waals surface area contributed by atoms with E-state index < -0.39 is 0 Å². The summed E-state index contributed by atoms with van der Waals surface area (Å²) in [6, 6.07) is 15.5. The Morgan fingerprint density at radius 3 is 2.54 bits per heavy atom. The molecule has 0 aromatic heterocycles. The van der Waals surface area contributed by atoms with Gasteiger partial charge in [0, 0.05) is 11.4 Å². The zero-order chi connectivity index (χ0) is 16.1. The number of para-hydroxylation sites is 1. The van der Waals surface area contributed by atoms with Crippen LogP contribution in [-0.4, -0.2) is 18.4 Å². The average molecular weight is 436 g/mol. The third-order valence-corrected chi connectivity index (χ3v) is 3.82. The molecule has 5 nitrogen and oxygen atoms in total. The average Bonchev–Trinajstić information content (AvgIpc) is 3.01. The maximum Gasteiger partial charge on any atom is 0.246 e. The summed E-state index contributed by atoms with van der Waals surface area (Å²) < 4.78 is 0. The number of amides is 1. The lowest BCUT2D eigenvalue weighted by molar-refractivity contribution is -0.114. The zero-order valence-corrected chi connectivity index (χ0v) is 15.6. The molecule has 1 aliphatic carbocycles. The highest BCUT2D eigenvalue weighted by Crippen LogP contribution is 2.24. The lowest BCUT2D eigenvalue weighted by Gasteiger charge is -2.08. The Morgan fingerprint density at radius 1 is 1.00 bits per heavy atom. The summed E-state index contributed by atoms with van der Waals surface area (Å²) in [5, 5.41) is 5.80. The van der Waals surface area contributed by atoms with Crippen molar-refractivity contribution < 1.29 is 4.79 Å². The van der Waals surface area contributed by atoms with Gasteiger partial charge >= 0.3 is 0 Å². The van der Waals surface area contributed by atoms with E-state index in [4.69, 9.17) is 5.73 Å². The van der Waals surface area contributed by atoms with Gasteiger partial charge in [0.25, 0.3) is 0 Å². The summed E-state index contributed by atoms with van der Waals surface area (Å²) >= 11 is 0. The summed E-state index contributed by atoms with van der Waals surface area (Å²) in [6.07, 6.45) is 3.47. The normalized spacial score (nSPS) is 12.9. The molecular weight excluding hydrogens is 415 g/mol. The number of guanidine groups is 1. The van der Waals surface area contributed by atoms with Crippen molar-refractivity contribution in [3.8, 4) is 0 Å². The fraction of sp³-hybridized carbons (Fsp3) is 0.222. The highest BCUT2D eigenvalue weighted by atomic mass is 127. The standard InChI is InChI=1S/C18H20N4O.HI/c19-18(20-12-17(23)21-15-7-2-1-3-8-15)22-16-10-9-13-5-4-6-14(13)11-16;/h1-3,7-11H,4-6,12H2,(H,21,23)(H3,19,20,22);1H. The number of hydrogen-bond donors (Lipinski definition) is 3. The summed E-state index contributed by atoms with van der Waals surface area (Å²) in [5.41, 5.74) is 10.3. The number of hydrogen-bond acceptors (Lipinski definition) is 2. The van der Waals surface area contributed by atoms with Crippen LogP contribution >= 0.6 is 24.0 Å². The van der Waals surface area contributed by atoms with E-state index >= 15 is 0 Å². The Bertz CT molecular complexity index is 731. The van der Waals surface area contributed by atoms with Gasteiger partial charge in [0.15, 0.2) is 5.96 Å². The van der Waals surface area contributed by atoms with E-state index in [0.29, 0.717) is 0 Å². The second-order valence-electron chi connectivity index (χ2n) is 5.58. The first-order valence-corrected chi connectivity index (χ1v) is 7.74. The monoisotopic (exact) mass is 436 g/mol. The van der Waals surface area contributed by atoms with Gasteiger partial charge in [-0.2, -0.15) is 0 Å². The van der Waals surface area contributed by atoms with Crippen LogP contribution in [0.5, 0.6) is 0 Å². The van der Waals surface area contributed by atoms with Gasteiger partial charge in [-0.3, -0.25) is 4.79 Å². The van der Waals surface area contributed by atoms with E-state index in [1.807, 2.05) is 36.4 Å². The van der Waals surface area contributed by atoms with Crippen LogP contribution in [-0.2, 0) is 17.6 Å². The van der Waals surface area contributed by atoms with Crippen molar-refractivity contribution in [2.75, 3.05) is 17.2 Å². The van der Waals surface area contributed by atoms with Gasteiger partial charge in [0.05, 0.1) is 0 Å². The molecule has 0 fully saturated rings. The number of nitrogens with zero attached hydrogens (tertiary/aromatic N) is 1. The van der Waals surface area contributed by atoms with E-state index in [0.717, 1.165) is 24.2 Å². The van der Waals surface area contributed by atoms with Crippen LogP contribution in [0.3, 0.4) is 0 Å². The van der Waals surface area contributed by atoms with Gasteiger partial charge < -0.3 is 16.4 Å². The molecule has 4 N–H and O–H groups in total. The van der Waals surface area contributed by atoms with Crippen LogP contribution < -0.4 is 16.4 Å². The number of halogens is 1. The lowest BCUT2D eigenvalue weighted by Crippen LogP contribution is -2.25. The zero-order valence-electron chi connectivity index (χ0n) is 13.3. The fourth-order valence-electron chi connectivity index (χ4n) is 2.72. The van der Waals surface area contributed by atoms with E-state index in [1.54, 1.807) is 0 Å². The Balaban J connectivity index is 0.00000208. The minimum Gasteiger partial charge on any atom is -0.370 e. The number of carbonyl (C=O) groups is 1. The first kappa shape index (κ1) is 18.3. The highest BCUT2D eigenvalue weighted by molar-refractivity contribution is 14.0. The van der Waals surface area contributed by atoms with Crippen molar-refractivity contribution in [3.05, 3.63) is 59.7 Å². The van der Waals surface area contributed by atoms with E-state index in [2.05, 4.69) is 27.8 Å². The number of carbonyl (C=O) groups excluding carboxylic acids is 1. The Morgan fingerprint density at radius 2 is 1.75 bits per heavy atom. The van der Waals surface area contributed by atoms with Gasteiger partial charge in [-0.25, -0.2) is 4.99 Å². The Labute approximate surface area is 158 Å². The van der Waals surface area contributed by atoms with Crippen molar-refractivity contribution in [3.63, 3.8) is 0 Å². The second kappa shape index (κ2) is 8.68. The van der Waals surface area contributed by atoms with Crippen molar-refractivity contribution in [1.29, 1.82) is 0 Å². The molecule has 1 aliphatic rings. The summed E-state index contributed by atoms with van der Waals surface area (Å²) in [4.78, 5) is 15.9. The number of benzene rings is 2. The molecule has 6 heteroatoms. The maximum atomic E-state index is 11.8. The lowest BCUT2D eigenvalue weighted by atomic mass is 10.1. The highest BCUT2D eigenvalue weighted by Gasteiger charge is 2.11. The second-order valence-corrected chi connectivity index (χ2v) is 5.58. The predicted octanol–water partition coefficient (Wildman–Crippen LogP) is 3.16. The van der Waals surface area contributed by atoms with Crippen molar-refractivity contribution >= 4 is 47.2 Å². The molecule has 0 aliphatic heterocycles. The first-order valence-electron chi connectivity index (χ1n) is 7.74. The van der Waals surface area contributed by atoms with E-state index in [1.165, 1.54) is 17.5 Å². The van der Waals surface area contributed by atoms with Crippen LogP contribution in [0.2, 0.25) is 0 Å². The maximum absolute atomic E-state index is 11.8. The minimum absolute atomic E-state index is 0. The van der Waals surface area contributed by atoms with E-state index in [9.17, 15) is 4.79 Å². The first-order chi connectivity index (χ1) is 11.2. The quantitative estimate of drug-likeness (QED) is 0.392. The SMILES string of the molecule is I.NC(=NCC(=O)Nc1ccccc1)Nc1ccc2c(c1)CCC2. The summed E-state index contributed by atoms with van der Waals surface area (Å²) in [5.74, 6) is 0.0426. The van der Waals surface area contributed by atoms with Gasteiger partial charge in [-0.05, 0) is 54.7 Å². The molecule has 0 saturated heterocycles. The van der Waals surface area contributed by atoms with Crippen molar-refractivity contribution in [2.24, 2.45) is 10.7 Å². The van der Waals surface area contributed by atoms with Crippen LogP contribution in [0.1, 0.15) is 17.5 Å². The van der Waals surface area contributed by atoms with Crippen LogP contribution in [0.4, 0.5) is 11.4 Å². The molecule has 3 rings (SSSR count). The molecule has 0 radical (unpaired) electrons. The van der Waals surface area contributed by atoms with Gasteiger partial charge in [-0.1, -0.05) is 24.3 Å². The number of aliphatic imine (C=N–C) groups is 1. The van der Waals surface area contributed by atoms with E-state index in [-0.39, 0.29) is 42.4 Å².